The van der Waals surface area contributed by atoms with Gasteiger partial charge >= 0.3 is 6.09 Å². The molecule has 0 atom stereocenters. The third-order valence-electron chi connectivity index (χ3n) is 3.63. The standard InChI is InChI=1S/C17H21N3O4/c1-5-13-12-14(6-7-15(13)20(22)23)18-8-10-19(11-9-18)16(21)24-17(2,3)4/h1,6-7,12H,8-11H2,2-4H3. The number of nitrogens with zero attached hydrogens (tertiary/aromatic N) is 3. The normalized spacial score (nSPS) is 14.9. The average Bonchev–Trinajstić information content (AvgIpc) is 2.52. The zero-order valence-electron chi connectivity index (χ0n) is 14.1. The van der Waals surface area contributed by atoms with Crippen LogP contribution in [0.2, 0.25) is 0 Å². The van der Waals surface area contributed by atoms with Crippen LogP contribution in [0.5, 0.6) is 0 Å². The Kier molecular flexibility index (Phi) is 4.98. The van der Waals surface area contributed by atoms with Gasteiger partial charge in [-0.2, -0.15) is 0 Å². The third kappa shape index (κ3) is 4.16. The lowest BCUT2D eigenvalue weighted by Gasteiger charge is -2.36. The summed E-state index contributed by atoms with van der Waals surface area (Å²) < 4.78 is 5.36. The number of terminal acetylenes is 1. The molecule has 1 aromatic carbocycles. The van der Waals surface area contributed by atoms with Crippen LogP contribution in [0.4, 0.5) is 16.2 Å². The van der Waals surface area contributed by atoms with Crippen LogP contribution in [0, 0.1) is 22.5 Å². The summed E-state index contributed by atoms with van der Waals surface area (Å²) in [6.45, 7) is 7.77. The van der Waals surface area contributed by atoms with E-state index in [-0.39, 0.29) is 17.3 Å². The van der Waals surface area contributed by atoms with Crippen LogP contribution in [0.1, 0.15) is 26.3 Å². The van der Waals surface area contributed by atoms with E-state index in [9.17, 15) is 14.9 Å². The maximum atomic E-state index is 12.1. The number of rotatable bonds is 2. The number of carbonyl (C=O) groups is 1. The fourth-order valence-corrected chi connectivity index (χ4v) is 2.47. The van der Waals surface area contributed by atoms with Crippen molar-refractivity contribution in [2.45, 2.75) is 26.4 Å². The molecule has 0 unspecified atom stereocenters. The van der Waals surface area contributed by atoms with Gasteiger partial charge in [-0.3, -0.25) is 10.1 Å². The smallest absolute Gasteiger partial charge is 0.410 e. The lowest BCUT2D eigenvalue weighted by atomic mass is 10.1. The molecular weight excluding hydrogens is 310 g/mol. The molecule has 1 aromatic rings. The van der Waals surface area contributed by atoms with Gasteiger partial charge in [-0.1, -0.05) is 5.92 Å². The SMILES string of the molecule is C#Cc1cc(N2CCN(C(=O)OC(C)(C)C)CC2)ccc1[N+](=O)[O-]. The molecule has 0 bridgehead atoms. The number of ether oxygens (including phenoxy) is 1. The number of nitro groups is 1. The van der Waals surface area contributed by atoms with Crippen LogP contribution in [-0.2, 0) is 4.74 Å². The highest BCUT2D eigenvalue weighted by atomic mass is 16.6. The zero-order valence-corrected chi connectivity index (χ0v) is 14.1. The van der Waals surface area contributed by atoms with Crippen molar-refractivity contribution in [2.75, 3.05) is 31.1 Å². The predicted molar refractivity (Wildman–Crippen MR) is 91.1 cm³/mol. The zero-order chi connectivity index (χ0) is 17.9. The minimum Gasteiger partial charge on any atom is -0.444 e. The number of carbonyl (C=O) groups excluding carboxylic acids is 1. The number of amides is 1. The molecule has 1 amide bonds. The van der Waals surface area contributed by atoms with Crippen molar-refractivity contribution >= 4 is 17.5 Å². The van der Waals surface area contributed by atoms with Crippen molar-refractivity contribution < 1.29 is 14.5 Å². The monoisotopic (exact) mass is 331 g/mol. The van der Waals surface area contributed by atoms with Gasteiger partial charge in [-0.15, -0.1) is 6.42 Å². The number of anilines is 1. The molecule has 0 N–H and O–H groups in total. The quantitative estimate of drug-likeness (QED) is 0.473. The van der Waals surface area contributed by atoms with Crippen molar-refractivity contribution in [2.24, 2.45) is 0 Å². The summed E-state index contributed by atoms with van der Waals surface area (Å²) in [5.74, 6) is 2.36. The first-order valence-electron chi connectivity index (χ1n) is 7.69. The molecule has 0 aromatic heterocycles. The molecule has 0 aliphatic carbocycles. The largest absolute Gasteiger partial charge is 0.444 e. The molecule has 0 radical (unpaired) electrons. The Morgan fingerprint density at radius 2 is 1.92 bits per heavy atom. The highest BCUT2D eigenvalue weighted by molar-refractivity contribution is 5.69. The van der Waals surface area contributed by atoms with E-state index in [1.807, 2.05) is 25.7 Å². The van der Waals surface area contributed by atoms with E-state index in [0.717, 1.165) is 5.69 Å². The van der Waals surface area contributed by atoms with E-state index in [1.54, 1.807) is 17.0 Å². The topological polar surface area (TPSA) is 75.9 Å². The van der Waals surface area contributed by atoms with Crippen LogP contribution < -0.4 is 4.90 Å². The number of nitro benzene ring substituents is 1. The molecule has 1 aliphatic heterocycles. The van der Waals surface area contributed by atoms with E-state index < -0.39 is 10.5 Å². The van der Waals surface area contributed by atoms with E-state index in [2.05, 4.69) is 5.92 Å². The summed E-state index contributed by atoms with van der Waals surface area (Å²) in [6.07, 6.45) is 5.04. The average molecular weight is 331 g/mol. The summed E-state index contributed by atoms with van der Waals surface area (Å²) >= 11 is 0. The lowest BCUT2D eigenvalue weighted by molar-refractivity contribution is -0.385. The minimum atomic E-state index is -0.520. The van der Waals surface area contributed by atoms with E-state index in [0.29, 0.717) is 26.2 Å². The Hall–Kier alpha value is -2.75. The Morgan fingerprint density at radius 3 is 2.42 bits per heavy atom. The third-order valence-corrected chi connectivity index (χ3v) is 3.63. The van der Waals surface area contributed by atoms with Gasteiger partial charge in [0.25, 0.3) is 5.69 Å². The molecule has 128 valence electrons. The molecule has 1 saturated heterocycles. The summed E-state index contributed by atoms with van der Waals surface area (Å²) in [5.41, 5.74) is 0.479. The molecular formula is C17H21N3O4. The summed E-state index contributed by atoms with van der Waals surface area (Å²) in [5, 5.41) is 10.9. The molecule has 7 heteroatoms. The highest BCUT2D eigenvalue weighted by Crippen LogP contribution is 2.25. The Balaban J connectivity index is 2.04. The van der Waals surface area contributed by atoms with Gasteiger partial charge in [0, 0.05) is 37.9 Å². The van der Waals surface area contributed by atoms with Crippen molar-refractivity contribution in [3.05, 3.63) is 33.9 Å². The first-order chi connectivity index (χ1) is 11.2. The minimum absolute atomic E-state index is 0.0753. The number of hydrogen-bond acceptors (Lipinski definition) is 5. The van der Waals surface area contributed by atoms with Crippen LogP contribution in [0.3, 0.4) is 0 Å². The molecule has 0 spiro atoms. The molecule has 7 nitrogen and oxygen atoms in total. The maximum Gasteiger partial charge on any atom is 0.410 e. The molecule has 0 saturated carbocycles. The van der Waals surface area contributed by atoms with Crippen LogP contribution >= 0.6 is 0 Å². The Bertz CT molecular complexity index is 680. The molecule has 2 rings (SSSR count). The van der Waals surface area contributed by atoms with Crippen LogP contribution in [0.25, 0.3) is 0 Å². The number of piperazine rings is 1. The second-order valence-electron chi connectivity index (χ2n) is 6.56. The Morgan fingerprint density at radius 1 is 1.29 bits per heavy atom. The first-order valence-corrected chi connectivity index (χ1v) is 7.69. The summed E-state index contributed by atoms with van der Waals surface area (Å²) in [4.78, 5) is 26.2. The highest BCUT2D eigenvalue weighted by Gasteiger charge is 2.26. The number of benzene rings is 1. The molecule has 1 aliphatic rings. The van der Waals surface area contributed by atoms with Crippen molar-refractivity contribution in [1.29, 1.82) is 0 Å². The van der Waals surface area contributed by atoms with Gasteiger partial charge in [0.1, 0.15) is 11.2 Å². The van der Waals surface area contributed by atoms with E-state index in [1.165, 1.54) is 6.07 Å². The summed E-state index contributed by atoms with van der Waals surface area (Å²) in [6, 6.07) is 4.74. The predicted octanol–water partition coefficient (Wildman–Crippen LogP) is 2.63. The maximum absolute atomic E-state index is 12.1. The molecule has 1 heterocycles. The molecule has 1 fully saturated rings. The Labute approximate surface area is 141 Å². The van der Waals surface area contributed by atoms with Gasteiger partial charge < -0.3 is 14.5 Å². The lowest BCUT2D eigenvalue weighted by Crippen LogP contribution is -2.50. The van der Waals surface area contributed by atoms with Gasteiger partial charge in [0.05, 0.1) is 4.92 Å². The van der Waals surface area contributed by atoms with E-state index in [4.69, 9.17) is 11.2 Å². The number of hydrogen-bond donors (Lipinski definition) is 0. The fraction of sp³-hybridized carbons (Fsp3) is 0.471. The van der Waals surface area contributed by atoms with Gasteiger partial charge in [0.2, 0.25) is 0 Å². The van der Waals surface area contributed by atoms with Crippen molar-refractivity contribution in [3.63, 3.8) is 0 Å². The van der Waals surface area contributed by atoms with Crippen molar-refractivity contribution in [1.82, 2.24) is 4.90 Å². The van der Waals surface area contributed by atoms with Crippen LogP contribution in [-0.4, -0.2) is 47.7 Å². The van der Waals surface area contributed by atoms with Gasteiger partial charge in [-0.25, -0.2) is 4.79 Å². The van der Waals surface area contributed by atoms with Crippen LogP contribution in [0.15, 0.2) is 18.2 Å². The van der Waals surface area contributed by atoms with Crippen molar-refractivity contribution in [3.8, 4) is 12.3 Å². The molecule has 24 heavy (non-hydrogen) atoms. The summed E-state index contributed by atoms with van der Waals surface area (Å²) in [7, 11) is 0. The second-order valence-corrected chi connectivity index (χ2v) is 6.56. The first kappa shape index (κ1) is 17.6. The van der Waals surface area contributed by atoms with Gasteiger partial charge in [-0.05, 0) is 32.9 Å². The fourth-order valence-electron chi connectivity index (χ4n) is 2.47. The van der Waals surface area contributed by atoms with E-state index >= 15 is 0 Å². The van der Waals surface area contributed by atoms with Gasteiger partial charge in [0.15, 0.2) is 0 Å². The second kappa shape index (κ2) is 6.79.